The number of carbonyl (C=O) groups excluding carboxylic acids is 5. The number of hydrogen-bond donors (Lipinski definition) is 4. The van der Waals surface area contributed by atoms with E-state index < -0.39 is 86.4 Å². The van der Waals surface area contributed by atoms with Crippen LogP contribution in [0.3, 0.4) is 0 Å². The van der Waals surface area contributed by atoms with Gasteiger partial charge in [0.1, 0.15) is 6.10 Å². The second kappa shape index (κ2) is 21.8. The zero-order chi connectivity index (χ0) is 25.0. The van der Waals surface area contributed by atoms with Crippen LogP contribution in [0.1, 0.15) is 0 Å². The maximum Gasteiger partial charge on any atom is 2.00 e. The molecule has 35 heavy (non-hydrogen) atoms. The Bertz CT molecular complexity index is 686. The van der Waals surface area contributed by atoms with E-state index in [0.717, 1.165) is 9.80 Å². The average molecular weight is 550 g/mol. The third kappa shape index (κ3) is 18.7. The normalized spacial score (nSPS) is 15.0. The average Bonchev–Trinajstić information content (AvgIpc) is 2.91. The Morgan fingerprint density at radius 3 is 1.34 bits per heavy atom. The molecule has 0 radical (unpaired) electrons. The number of carbonyl (C=O) groups is 5. The van der Waals surface area contributed by atoms with Gasteiger partial charge in [0.05, 0.1) is 30.5 Å². The minimum Gasteiger partial charge on any atom is -0.549 e. The van der Waals surface area contributed by atoms with Crippen LogP contribution < -0.4 is 79.5 Å². The molecular weight excluding hydrogens is 530 g/mol. The molecule has 1 aliphatic heterocycles. The van der Waals surface area contributed by atoms with Gasteiger partial charge in [-0.2, -0.15) is 0 Å². The predicted octanol–water partition coefficient (Wildman–Crippen LogP) is -15.2. The van der Waals surface area contributed by atoms with Gasteiger partial charge in [0.2, 0.25) is 5.76 Å². The number of aliphatic hydroxyl groups is 4. The number of carboxylic acids is 4. The summed E-state index contributed by atoms with van der Waals surface area (Å²) in [4.78, 5) is 54.0. The van der Waals surface area contributed by atoms with Crippen LogP contribution in [0.4, 0.5) is 0 Å². The van der Waals surface area contributed by atoms with Crippen LogP contribution in [0.2, 0.25) is 0 Å². The molecule has 19 heteroatoms. The van der Waals surface area contributed by atoms with E-state index >= 15 is 0 Å². The molecule has 0 aromatic carbocycles. The number of esters is 1. The Morgan fingerprint density at radius 1 is 0.829 bits per heavy atom. The van der Waals surface area contributed by atoms with Gasteiger partial charge >= 0.3 is 103 Å². The van der Waals surface area contributed by atoms with E-state index in [9.17, 15) is 44.4 Å². The Labute approximate surface area is 272 Å². The molecule has 2 atom stereocenters. The van der Waals surface area contributed by atoms with Crippen LogP contribution >= 0.6 is 0 Å². The molecule has 4 N–H and O–H groups in total. The van der Waals surface area contributed by atoms with Gasteiger partial charge in [0.25, 0.3) is 0 Å². The van der Waals surface area contributed by atoms with Crippen molar-refractivity contribution in [2.24, 2.45) is 0 Å². The molecule has 0 saturated heterocycles. The van der Waals surface area contributed by atoms with E-state index in [0.29, 0.717) is 0 Å². The SMILES string of the molecule is O=C([O-])CN(CCN(CC(=O)[O-])CC(=O)[O-])CC(=O)[O-].O=C1O[C@H]([C@@H](O)CO)C(O)=C1O.[Ca+2].[Na+].[Na+]. The van der Waals surface area contributed by atoms with Crippen LogP contribution in [0, 0.1) is 0 Å². The smallest absolute Gasteiger partial charge is 0.549 e. The first-order valence-corrected chi connectivity index (χ1v) is 8.64. The molecule has 0 saturated carbocycles. The fraction of sp³-hybridized carbons (Fsp3) is 0.562. The molecule has 182 valence electrons. The summed E-state index contributed by atoms with van der Waals surface area (Å²) in [6.07, 6.45) is -2.78. The molecular formula is C16H20CaN2Na2O14. The quantitative estimate of drug-likeness (QED) is 0.122. The zero-order valence-corrected chi connectivity index (χ0v) is 25.3. The molecule has 0 aromatic rings. The van der Waals surface area contributed by atoms with Crippen molar-refractivity contribution in [3.8, 4) is 0 Å². The molecule has 0 spiro atoms. The van der Waals surface area contributed by atoms with Crippen molar-refractivity contribution in [1.82, 2.24) is 9.80 Å². The van der Waals surface area contributed by atoms with Crippen molar-refractivity contribution in [3.63, 3.8) is 0 Å². The molecule has 0 unspecified atom stereocenters. The molecule has 1 rings (SSSR count). The second-order valence-electron chi connectivity index (χ2n) is 6.22. The number of ether oxygens (including phenoxy) is 1. The Balaban J connectivity index is -0.000000277. The van der Waals surface area contributed by atoms with Crippen molar-refractivity contribution < 1.29 is 129 Å². The summed E-state index contributed by atoms with van der Waals surface area (Å²) in [6.45, 7) is -3.92. The fourth-order valence-electron chi connectivity index (χ4n) is 2.26. The number of carboxylic acid groups (broad SMARTS) is 4. The van der Waals surface area contributed by atoms with Crippen molar-refractivity contribution in [1.29, 1.82) is 0 Å². The number of aliphatic hydroxyl groups excluding tert-OH is 4. The number of aliphatic carboxylic acids is 4. The number of rotatable bonds is 13. The van der Waals surface area contributed by atoms with Gasteiger partial charge < -0.3 is 64.8 Å². The van der Waals surface area contributed by atoms with Crippen LogP contribution in [0.5, 0.6) is 0 Å². The van der Waals surface area contributed by atoms with Gasteiger partial charge in [-0.3, -0.25) is 9.80 Å². The molecule has 0 amide bonds. The Kier molecular flexibility index (Phi) is 26.1. The third-order valence-corrected chi connectivity index (χ3v) is 3.62. The summed E-state index contributed by atoms with van der Waals surface area (Å²) in [6, 6.07) is 0. The van der Waals surface area contributed by atoms with Gasteiger partial charge in [0.15, 0.2) is 11.9 Å². The summed E-state index contributed by atoms with van der Waals surface area (Å²) in [5, 5.41) is 76.7. The first kappa shape index (κ1) is 41.9. The fourth-order valence-corrected chi connectivity index (χ4v) is 2.26. The van der Waals surface area contributed by atoms with Crippen molar-refractivity contribution in [2.45, 2.75) is 12.2 Å². The number of nitrogens with zero attached hydrogens (tertiary/aromatic N) is 2. The second-order valence-corrected chi connectivity index (χ2v) is 6.22. The molecule has 0 fully saturated rings. The molecule has 0 aromatic heterocycles. The monoisotopic (exact) mass is 550 g/mol. The van der Waals surface area contributed by atoms with E-state index in [-0.39, 0.29) is 110 Å². The molecule has 1 heterocycles. The zero-order valence-electron chi connectivity index (χ0n) is 19.1. The van der Waals surface area contributed by atoms with E-state index in [1.54, 1.807) is 0 Å². The topological polar surface area (TPSA) is 274 Å². The van der Waals surface area contributed by atoms with E-state index in [1.807, 2.05) is 0 Å². The third-order valence-electron chi connectivity index (χ3n) is 3.62. The molecule has 1 aliphatic rings. The largest absolute Gasteiger partial charge is 2.00 e. The molecule has 0 bridgehead atoms. The van der Waals surface area contributed by atoms with Crippen molar-refractivity contribution >= 4 is 67.6 Å². The number of cyclic esters (lactones) is 1. The number of hydrogen-bond acceptors (Lipinski definition) is 16. The maximum atomic E-state index is 10.5. The molecule has 16 nitrogen and oxygen atoms in total. The van der Waals surface area contributed by atoms with Gasteiger partial charge in [-0.05, 0) is 0 Å². The first-order chi connectivity index (χ1) is 14.8. The van der Waals surface area contributed by atoms with Crippen LogP contribution in [0.25, 0.3) is 0 Å². The van der Waals surface area contributed by atoms with Crippen molar-refractivity contribution in [3.05, 3.63) is 11.5 Å². The standard InChI is InChI=1S/C10H16N2O8.C6H8O6.Ca.2Na/c13-7(14)3-11(4-8(15)16)1-2-12(5-9(17)18)6-10(19)20;7-1-2(8)5-3(9)4(10)6(11)12-5;;;/h1-6H2,(H,13,14)(H,15,16)(H,17,18)(H,19,20);2,5,7-10H,1H2;;;/q;;+2;2*+1/p-4/t;2-,5+;;;/m.0.../s1. The van der Waals surface area contributed by atoms with Gasteiger partial charge in [0, 0.05) is 39.3 Å². The summed E-state index contributed by atoms with van der Waals surface area (Å²) in [5.41, 5.74) is 0. The Hall–Kier alpha value is -0.210. The van der Waals surface area contributed by atoms with E-state index in [1.165, 1.54) is 0 Å². The minimum atomic E-state index is -1.53. The first-order valence-electron chi connectivity index (χ1n) is 8.64. The summed E-state index contributed by atoms with van der Waals surface area (Å²) in [5.74, 6) is -8.90. The maximum absolute atomic E-state index is 10.5. The minimum absolute atomic E-state index is 0. The summed E-state index contributed by atoms with van der Waals surface area (Å²) in [7, 11) is 0. The predicted molar refractivity (Wildman–Crippen MR) is 93.9 cm³/mol. The van der Waals surface area contributed by atoms with Crippen molar-refractivity contribution in [2.75, 3.05) is 45.9 Å². The molecule has 0 aliphatic carbocycles. The van der Waals surface area contributed by atoms with Crippen LogP contribution in [-0.4, -0.2) is 156 Å². The van der Waals surface area contributed by atoms with Gasteiger partial charge in [-0.15, -0.1) is 0 Å². The van der Waals surface area contributed by atoms with Gasteiger partial charge in [-0.1, -0.05) is 0 Å². The van der Waals surface area contributed by atoms with Gasteiger partial charge in [-0.25, -0.2) is 4.79 Å². The van der Waals surface area contributed by atoms with E-state index in [4.69, 9.17) is 20.4 Å². The van der Waals surface area contributed by atoms with E-state index in [2.05, 4.69) is 4.74 Å². The van der Waals surface area contributed by atoms with Crippen LogP contribution in [0.15, 0.2) is 11.5 Å². The Morgan fingerprint density at radius 2 is 1.14 bits per heavy atom. The summed E-state index contributed by atoms with van der Waals surface area (Å²) >= 11 is 0. The summed E-state index contributed by atoms with van der Waals surface area (Å²) < 4.78 is 4.32. The van der Waals surface area contributed by atoms with Crippen LogP contribution in [-0.2, 0) is 28.7 Å².